The topological polar surface area (TPSA) is 85.3 Å². The van der Waals surface area contributed by atoms with E-state index >= 15 is 0 Å². The van der Waals surface area contributed by atoms with Gasteiger partial charge in [-0.15, -0.1) is 0 Å². The third-order valence-corrected chi connectivity index (χ3v) is 4.94. The van der Waals surface area contributed by atoms with Crippen molar-refractivity contribution in [2.24, 2.45) is 0 Å². The van der Waals surface area contributed by atoms with Gasteiger partial charge in [-0.25, -0.2) is 9.78 Å². The molecule has 0 atom stereocenters. The van der Waals surface area contributed by atoms with E-state index in [1.165, 1.54) is 0 Å². The Morgan fingerprint density at radius 2 is 1.32 bits per heavy atom. The molecule has 0 amide bonds. The SMILES string of the molecule is CCOC(=O)c1ccc2nc1COc1ccccc1OCCOCCOc1ccccc1OC2. The maximum absolute atomic E-state index is 12.5. The van der Waals surface area contributed by atoms with Crippen molar-refractivity contribution in [1.82, 2.24) is 4.98 Å². The summed E-state index contributed by atoms with van der Waals surface area (Å²) in [5.41, 5.74) is 1.43. The number of ether oxygens (including phenoxy) is 6. The van der Waals surface area contributed by atoms with Gasteiger partial charge in [0.2, 0.25) is 0 Å². The number of carbonyl (C=O) groups is 1. The molecule has 8 nitrogen and oxygen atoms in total. The van der Waals surface area contributed by atoms with Gasteiger partial charge in [-0.1, -0.05) is 24.3 Å². The van der Waals surface area contributed by atoms with Crippen LogP contribution in [0.1, 0.15) is 28.7 Å². The molecule has 2 aromatic carbocycles. The van der Waals surface area contributed by atoms with E-state index in [2.05, 4.69) is 4.98 Å². The number of fused-ring (bicyclic) bond motifs is 4. The maximum Gasteiger partial charge on any atom is 0.340 e. The van der Waals surface area contributed by atoms with Crippen LogP contribution in [0.5, 0.6) is 23.0 Å². The lowest BCUT2D eigenvalue weighted by Crippen LogP contribution is -2.15. The Morgan fingerprint density at radius 3 is 1.91 bits per heavy atom. The fraction of sp³-hybridized carbons (Fsp3) is 0.308. The van der Waals surface area contributed by atoms with E-state index in [-0.39, 0.29) is 19.8 Å². The van der Waals surface area contributed by atoms with Crippen LogP contribution in [0.2, 0.25) is 0 Å². The predicted molar refractivity (Wildman–Crippen MR) is 124 cm³/mol. The fourth-order valence-electron chi connectivity index (χ4n) is 3.33. The van der Waals surface area contributed by atoms with Gasteiger partial charge in [0, 0.05) is 0 Å². The largest absolute Gasteiger partial charge is 0.487 e. The molecule has 1 aliphatic rings. The molecule has 1 aliphatic heterocycles. The molecule has 34 heavy (non-hydrogen) atoms. The van der Waals surface area contributed by atoms with Crippen molar-refractivity contribution in [1.29, 1.82) is 0 Å². The number of rotatable bonds is 2. The quantitative estimate of drug-likeness (QED) is 0.521. The highest BCUT2D eigenvalue weighted by Crippen LogP contribution is 2.29. The Kier molecular flexibility index (Phi) is 8.18. The summed E-state index contributed by atoms with van der Waals surface area (Å²) in [6.45, 7) is 3.79. The Morgan fingerprint density at radius 1 is 0.765 bits per heavy atom. The van der Waals surface area contributed by atoms with Crippen LogP contribution in [0.3, 0.4) is 0 Å². The number of hydrogen-bond donors (Lipinski definition) is 0. The molecule has 0 N–H and O–H groups in total. The molecule has 8 heteroatoms. The van der Waals surface area contributed by atoms with Gasteiger partial charge in [0.15, 0.2) is 23.0 Å². The standard InChI is InChI=1S/C26H27NO7/c1-2-30-26(28)20-12-11-19-17-33-24-9-5-3-7-22(24)31-15-13-29-14-16-32-23-8-4-6-10-25(23)34-18-21(20)27-19/h3-12H,2,13-18H2,1H3. The fourth-order valence-corrected chi connectivity index (χ4v) is 3.33. The zero-order valence-electron chi connectivity index (χ0n) is 19.0. The number of aromatic nitrogens is 1. The number of benzene rings is 2. The molecule has 0 aliphatic carbocycles. The molecule has 1 aromatic heterocycles. The first-order valence-corrected chi connectivity index (χ1v) is 11.2. The first-order chi connectivity index (χ1) is 16.7. The summed E-state index contributed by atoms with van der Waals surface area (Å²) in [7, 11) is 0. The van der Waals surface area contributed by atoms with Crippen molar-refractivity contribution in [3.8, 4) is 23.0 Å². The van der Waals surface area contributed by atoms with Crippen molar-refractivity contribution < 1.29 is 33.2 Å². The molecule has 3 aromatic rings. The molecule has 0 unspecified atom stereocenters. The highest BCUT2D eigenvalue weighted by atomic mass is 16.6. The average Bonchev–Trinajstić information content (AvgIpc) is 2.86. The van der Waals surface area contributed by atoms with Crippen LogP contribution in [-0.4, -0.2) is 44.0 Å². The lowest BCUT2D eigenvalue weighted by Gasteiger charge is -2.16. The lowest BCUT2D eigenvalue weighted by atomic mass is 10.1. The van der Waals surface area contributed by atoms with Gasteiger partial charge in [0.25, 0.3) is 0 Å². The normalized spacial score (nSPS) is 14.4. The third kappa shape index (κ3) is 6.17. The Labute approximate surface area is 198 Å². The summed E-state index contributed by atoms with van der Waals surface area (Å²) in [6.07, 6.45) is 0. The molecule has 0 saturated heterocycles. The molecule has 0 fully saturated rings. The smallest absolute Gasteiger partial charge is 0.340 e. The number of hydrogen-bond acceptors (Lipinski definition) is 8. The first kappa shape index (κ1) is 23.4. The van der Waals surface area contributed by atoms with E-state index in [4.69, 9.17) is 28.4 Å². The third-order valence-electron chi connectivity index (χ3n) is 4.94. The molecule has 0 radical (unpaired) electrons. The molecule has 2 heterocycles. The highest BCUT2D eigenvalue weighted by Gasteiger charge is 2.17. The molecule has 2 bridgehead atoms. The summed E-state index contributed by atoms with van der Waals surface area (Å²) in [4.78, 5) is 17.1. The van der Waals surface area contributed by atoms with Crippen molar-refractivity contribution in [2.45, 2.75) is 20.1 Å². The van der Waals surface area contributed by atoms with Crippen molar-refractivity contribution in [3.63, 3.8) is 0 Å². The monoisotopic (exact) mass is 465 g/mol. The van der Waals surface area contributed by atoms with Gasteiger partial charge < -0.3 is 28.4 Å². The van der Waals surface area contributed by atoms with Crippen LogP contribution in [0.15, 0.2) is 60.7 Å². The number of esters is 1. The van der Waals surface area contributed by atoms with Crippen molar-refractivity contribution >= 4 is 5.97 Å². The number of nitrogens with zero attached hydrogens (tertiary/aromatic N) is 1. The second-order valence-corrected chi connectivity index (χ2v) is 7.30. The predicted octanol–water partition coefficient (Wildman–Crippen LogP) is 4.20. The molecule has 0 saturated carbocycles. The van der Waals surface area contributed by atoms with Crippen LogP contribution in [0.25, 0.3) is 0 Å². The number of para-hydroxylation sites is 4. The first-order valence-electron chi connectivity index (χ1n) is 11.2. The summed E-state index contributed by atoms with van der Waals surface area (Å²) < 4.78 is 34.4. The van der Waals surface area contributed by atoms with E-state index in [1.807, 2.05) is 42.5 Å². The van der Waals surface area contributed by atoms with E-state index < -0.39 is 5.97 Å². The molecule has 178 valence electrons. The van der Waals surface area contributed by atoms with Crippen LogP contribution >= 0.6 is 0 Å². The Hall–Kier alpha value is -3.78. The van der Waals surface area contributed by atoms with Crippen LogP contribution in [0, 0.1) is 0 Å². The summed E-state index contributed by atoms with van der Waals surface area (Å²) in [6, 6.07) is 18.2. The van der Waals surface area contributed by atoms with Gasteiger partial charge in [-0.05, 0) is 43.3 Å². The van der Waals surface area contributed by atoms with E-state index in [9.17, 15) is 4.79 Å². The molecule has 4 rings (SSSR count). The summed E-state index contributed by atoms with van der Waals surface area (Å²) >= 11 is 0. The minimum absolute atomic E-state index is 0.0541. The van der Waals surface area contributed by atoms with Crippen LogP contribution in [-0.2, 0) is 22.7 Å². The summed E-state index contributed by atoms with van der Waals surface area (Å²) in [5.74, 6) is 1.87. The van der Waals surface area contributed by atoms with Gasteiger partial charge in [0.05, 0.1) is 36.8 Å². The second-order valence-electron chi connectivity index (χ2n) is 7.30. The van der Waals surface area contributed by atoms with Crippen LogP contribution in [0.4, 0.5) is 0 Å². The Bertz CT molecular complexity index is 1100. The van der Waals surface area contributed by atoms with E-state index in [1.54, 1.807) is 25.1 Å². The molecular formula is C26H27NO7. The van der Waals surface area contributed by atoms with Crippen molar-refractivity contribution in [3.05, 3.63) is 77.6 Å². The van der Waals surface area contributed by atoms with E-state index in [0.717, 1.165) is 0 Å². The maximum atomic E-state index is 12.5. The van der Waals surface area contributed by atoms with Gasteiger partial charge in [0.1, 0.15) is 26.4 Å². The van der Waals surface area contributed by atoms with Gasteiger partial charge in [-0.3, -0.25) is 0 Å². The minimum atomic E-state index is -0.455. The zero-order chi connectivity index (χ0) is 23.6. The molecule has 0 spiro atoms. The average molecular weight is 466 g/mol. The van der Waals surface area contributed by atoms with Gasteiger partial charge >= 0.3 is 5.97 Å². The second kappa shape index (κ2) is 11.9. The van der Waals surface area contributed by atoms with Gasteiger partial charge in [-0.2, -0.15) is 0 Å². The lowest BCUT2D eigenvalue weighted by molar-refractivity contribution is 0.0522. The molecular weight excluding hydrogens is 438 g/mol. The summed E-state index contributed by atoms with van der Waals surface area (Å²) in [5, 5.41) is 0. The Balaban J connectivity index is 1.62. The van der Waals surface area contributed by atoms with Crippen molar-refractivity contribution in [2.75, 3.05) is 33.0 Å². The zero-order valence-corrected chi connectivity index (χ0v) is 19.0. The minimum Gasteiger partial charge on any atom is -0.487 e. The number of carbonyl (C=O) groups excluding carboxylic acids is 1. The van der Waals surface area contributed by atoms with Crippen LogP contribution < -0.4 is 18.9 Å². The highest BCUT2D eigenvalue weighted by molar-refractivity contribution is 5.90. The van der Waals surface area contributed by atoms with E-state index in [0.29, 0.717) is 66.4 Å². The number of pyridine rings is 1.